The van der Waals surface area contributed by atoms with Crippen LogP contribution in [-0.4, -0.2) is 34.5 Å². The van der Waals surface area contributed by atoms with Crippen molar-refractivity contribution in [2.75, 3.05) is 29.8 Å². The number of piperidine rings is 1. The zero-order chi connectivity index (χ0) is 19.8. The van der Waals surface area contributed by atoms with Crippen LogP contribution in [0.3, 0.4) is 0 Å². The number of carbonyl (C=O) groups is 1. The van der Waals surface area contributed by atoms with Crippen LogP contribution in [0.1, 0.15) is 19.3 Å². The molecule has 6 nitrogen and oxygen atoms in total. The molecule has 8 heteroatoms. The highest BCUT2D eigenvalue weighted by Gasteiger charge is 2.57. The summed E-state index contributed by atoms with van der Waals surface area (Å²) < 4.78 is 27.2. The summed E-state index contributed by atoms with van der Waals surface area (Å²) in [4.78, 5) is 12.8. The topological polar surface area (TPSA) is 78.5 Å². The molecule has 1 aliphatic carbocycles. The highest BCUT2D eigenvalue weighted by molar-refractivity contribution is 7.92. The molecule has 2 N–H and O–H groups in total. The second-order valence-electron chi connectivity index (χ2n) is 7.69. The molecule has 2 fully saturated rings. The summed E-state index contributed by atoms with van der Waals surface area (Å²) in [7, 11) is -2.18. The number of hydrogen-bond donors (Lipinski definition) is 2. The molecule has 1 aliphatic heterocycles. The minimum Gasteiger partial charge on any atom is -0.326 e. The molecule has 1 spiro atoms. The standard InChI is InChI=1S/C21H25N3O3S.ClH/c1-24(17-7-3-2-4-8-17)28(26,27)18-9-5-6-16(14-18)23-20(25)19-15-21(19)10-12-22-13-11-21;/h2-9,14,19,22H,10-13,15H2,1H3,(H,23,25);1H. The number of anilines is 2. The third-order valence-electron chi connectivity index (χ3n) is 5.99. The van der Waals surface area contributed by atoms with Gasteiger partial charge in [0.25, 0.3) is 10.0 Å². The lowest BCUT2D eigenvalue weighted by atomic mass is 9.92. The Bertz CT molecular complexity index is 976. The fraction of sp³-hybridized carbons (Fsp3) is 0.381. The SMILES string of the molecule is CN(c1ccccc1)S(=O)(=O)c1cccc(NC(=O)C2CC23CCNCC3)c1.Cl. The van der Waals surface area contributed by atoms with Crippen LogP contribution >= 0.6 is 12.4 Å². The summed E-state index contributed by atoms with van der Waals surface area (Å²) in [6.45, 7) is 1.92. The van der Waals surface area contributed by atoms with Gasteiger partial charge in [-0.25, -0.2) is 8.42 Å². The molecular formula is C21H26ClN3O3S. The third kappa shape index (κ3) is 4.27. The Morgan fingerprint density at radius 1 is 1.10 bits per heavy atom. The fourth-order valence-electron chi connectivity index (χ4n) is 4.09. The molecule has 29 heavy (non-hydrogen) atoms. The number of benzene rings is 2. The Kier molecular flexibility index (Phi) is 6.22. The normalized spacial score (nSPS) is 19.8. The number of para-hydroxylation sites is 1. The van der Waals surface area contributed by atoms with Gasteiger partial charge in [0, 0.05) is 18.7 Å². The molecule has 2 aromatic carbocycles. The van der Waals surface area contributed by atoms with Crippen LogP contribution in [0.25, 0.3) is 0 Å². The first kappa shape index (κ1) is 21.6. The lowest BCUT2D eigenvalue weighted by Crippen LogP contribution is -2.31. The molecule has 0 radical (unpaired) electrons. The lowest BCUT2D eigenvalue weighted by molar-refractivity contribution is -0.118. The second-order valence-corrected chi connectivity index (χ2v) is 9.66. The number of sulfonamides is 1. The van der Waals surface area contributed by atoms with Crippen molar-refractivity contribution in [1.29, 1.82) is 0 Å². The van der Waals surface area contributed by atoms with E-state index in [-0.39, 0.29) is 34.5 Å². The molecule has 4 rings (SSSR count). The van der Waals surface area contributed by atoms with Crippen LogP contribution in [0.2, 0.25) is 0 Å². The molecular weight excluding hydrogens is 410 g/mol. The van der Waals surface area contributed by atoms with Crippen molar-refractivity contribution in [3.8, 4) is 0 Å². The van der Waals surface area contributed by atoms with Gasteiger partial charge in [-0.1, -0.05) is 24.3 Å². The van der Waals surface area contributed by atoms with Crippen LogP contribution in [0, 0.1) is 11.3 Å². The molecule has 0 aromatic heterocycles. The van der Waals surface area contributed by atoms with Crippen molar-refractivity contribution < 1.29 is 13.2 Å². The van der Waals surface area contributed by atoms with Gasteiger partial charge in [0.2, 0.25) is 5.91 Å². The summed E-state index contributed by atoms with van der Waals surface area (Å²) in [5.74, 6) is 0.0229. The van der Waals surface area contributed by atoms with Crippen LogP contribution in [-0.2, 0) is 14.8 Å². The molecule has 0 bridgehead atoms. The highest BCUT2D eigenvalue weighted by Crippen LogP contribution is 2.58. The van der Waals surface area contributed by atoms with Gasteiger partial charge in [-0.3, -0.25) is 9.10 Å². The quantitative estimate of drug-likeness (QED) is 0.755. The first-order valence-corrected chi connectivity index (χ1v) is 11.0. The second kappa shape index (κ2) is 8.34. The fourth-order valence-corrected chi connectivity index (χ4v) is 5.34. The monoisotopic (exact) mass is 435 g/mol. The van der Waals surface area contributed by atoms with Crippen molar-refractivity contribution in [2.24, 2.45) is 11.3 Å². The molecule has 2 aromatic rings. The Balaban J connectivity index is 0.00000240. The Labute approximate surface area is 178 Å². The average Bonchev–Trinajstić information content (AvgIpc) is 3.41. The van der Waals surface area contributed by atoms with Gasteiger partial charge < -0.3 is 10.6 Å². The maximum Gasteiger partial charge on any atom is 0.264 e. The lowest BCUT2D eigenvalue weighted by Gasteiger charge is -2.23. The van der Waals surface area contributed by atoms with E-state index in [1.807, 2.05) is 6.07 Å². The first-order chi connectivity index (χ1) is 13.4. The summed E-state index contributed by atoms with van der Waals surface area (Å²) >= 11 is 0. The van der Waals surface area contributed by atoms with Gasteiger partial charge >= 0.3 is 0 Å². The first-order valence-electron chi connectivity index (χ1n) is 9.58. The van der Waals surface area contributed by atoms with Gasteiger partial charge in [-0.2, -0.15) is 0 Å². The van der Waals surface area contributed by atoms with Crippen LogP contribution < -0.4 is 14.9 Å². The molecule has 1 saturated heterocycles. The van der Waals surface area contributed by atoms with Gasteiger partial charge in [0.05, 0.1) is 10.6 Å². The number of nitrogens with zero attached hydrogens (tertiary/aromatic N) is 1. The maximum absolute atomic E-state index is 13.0. The van der Waals surface area contributed by atoms with Gasteiger partial charge in [0.1, 0.15) is 0 Å². The minimum absolute atomic E-state index is 0. The molecule has 1 amide bonds. The van der Waals surface area contributed by atoms with E-state index in [4.69, 9.17) is 0 Å². The Hall–Kier alpha value is -2.09. The van der Waals surface area contributed by atoms with Crippen molar-refractivity contribution >= 4 is 39.7 Å². The summed E-state index contributed by atoms with van der Waals surface area (Å²) in [6.07, 6.45) is 2.98. The number of rotatable bonds is 5. The Morgan fingerprint density at radius 2 is 1.79 bits per heavy atom. The van der Waals surface area contributed by atoms with Gasteiger partial charge in [-0.05, 0) is 68.1 Å². The van der Waals surface area contributed by atoms with Crippen LogP contribution in [0.5, 0.6) is 0 Å². The number of hydrogen-bond acceptors (Lipinski definition) is 4. The number of halogens is 1. The van der Waals surface area contributed by atoms with Gasteiger partial charge in [-0.15, -0.1) is 12.4 Å². The Morgan fingerprint density at radius 3 is 2.48 bits per heavy atom. The predicted octanol–water partition coefficient (Wildman–Crippen LogP) is 3.26. The molecule has 1 atom stereocenters. The zero-order valence-corrected chi connectivity index (χ0v) is 17.9. The molecule has 156 valence electrons. The number of nitrogens with one attached hydrogen (secondary N) is 2. The van der Waals surface area contributed by atoms with Crippen molar-refractivity contribution in [2.45, 2.75) is 24.2 Å². The van der Waals surface area contributed by atoms with E-state index >= 15 is 0 Å². The van der Waals surface area contributed by atoms with E-state index in [0.717, 1.165) is 32.4 Å². The van der Waals surface area contributed by atoms with E-state index in [9.17, 15) is 13.2 Å². The predicted molar refractivity (Wildman–Crippen MR) is 117 cm³/mol. The average molecular weight is 436 g/mol. The van der Waals surface area contributed by atoms with Crippen molar-refractivity contribution in [3.05, 3.63) is 54.6 Å². The number of carbonyl (C=O) groups excluding carboxylic acids is 1. The third-order valence-corrected chi connectivity index (χ3v) is 7.77. The van der Waals surface area contributed by atoms with Crippen LogP contribution in [0.4, 0.5) is 11.4 Å². The summed E-state index contributed by atoms with van der Waals surface area (Å²) in [6, 6.07) is 15.4. The van der Waals surface area contributed by atoms with E-state index in [1.165, 1.54) is 17.4 Å². The van der Waals surface area contributed by atoms with Gasteiger partial charge in [0.15, 0.2) is 0 Å². The summed E-state index contributed by atoms with van der Waals surface area (Å²) in [5.41, 5.74) is 1.25. The van der Waals surface area contributed by atoms with Crippen molar-refractivity contribution in [3.63, 3.8) is 0 Å². The molecule has 2 aliphatic rings. The van der Waals surface area contributed by atoms with E-state index in [0.29, 0.717) is 11.4 Å². The smallest absolute Gasteiger partial charge is 0.264 e. The minimum atomic E-state index is -3.71. The molecule has 1 unspecified atom stereocenters. The van der Waals surface area contributed by atoms with E-state index in [1.54, 1.807) is 42.5 Å². The summed E-state index contributed by atoms with van der Waals surface area (Å²) in [5, 5.41) is 6.26. The molecule has 1 heterocycles. The molecule has 1 saturated carbocycles. The van der Waals surface area contributed by atoms with Crippen molar-refractivity contribution in [1.82, 2.24) is 5.32 Å². The highest BCUT2D eigenvalue weighted by atomic mass is 35.5. The van der Waals surface area contributed by atoms with E-state index in [2.05, 4.69) is 10.6 Å². The largest absolute Gasteiger partial charge is 0.326 e. The van der Waals surface area contributed by atoms with E-state index < -0.39 is 10.0 Å². The maximum atomic E-state index is 13.0. The zero-order valence-electron chi connectivity index (χ0n) is 16.3. The number of amides is 1. The van der Waals surface area contributed by atoms with Crippen LogP contribution in [0.15, 0.2) is 59.5 Å².